The molecular weight excluding hydrogens is 328 g/mol. The zero-order chi connectivity index (χ0) is 16.6. The van der Waals surface area contributed by atoms with Crippen LogP contribution in [0.2, 0.25) is 0 Å². The summed E-state index contributed by atoms with van der Waals surface area (Å²) in [6.45, 7) is 5.84. The highest BCUT2D eigenvalue weighted by atomic mass is 32.1. The number of benzene rings is 1. The maximum absolute atomic E-state index is 4.56. The van der Waals surface area contributed by atoms with Gasteiger partial charge >= 0.3 is 0 Å². The molecule has 4 heterocycles. The fourth-order valence-electron chi connectivity index (χ4n) is 4.15. The van der Waals surface area contributed by atoms with Gasteiger partial charge in [0, 0.05) is 36.4 Å². The summed E-state index contributed by atoms with van der Waals surface area (Å²) < 4.78 is 1.32. The minimum Gasteiger partial charge on any atom is -0.354 e. The van der Waals surface area contributed by atoms with Crippen LogP contribution in [0.4, 0.5) is 5.82 Å². The second-order valence-electron chi connectivity index (χ2n) is 7.20. The van der Waals surface area contributed by atoms with Gasteiger partial charge in [-0.1, -0.05) is 6.07 Å². The van der Waals surface area contributed by atoms with E-state index in [1.165, 1.54) is 36.0 Å². The molecule has 2 fully saturated rings. The second-order valence-corrected chi connectivity index (χ2v) is 8.15. The Bertz CT molecular complexity index is 873. The Labute approximate surface area is 152 Å². The summed E-state index contributed by atoms with van der Waals surface area (Å²) in [7, 11) is 0. The SMILES string of the molecule is c1cc2cc(-c3ccc(N4CCN5CCCC(C5)C4)nn3)ccc2s1. The van der Waals surface area contributed by atoms with Gasteiger partial charge in [0.1, 0.15) is 0 Å². The maximum atomic E-state index is 4.56. The summed E-state index contributed by atoms with van der Waals surface area (Å²) in [5.74, 6) is 1.80. The van der Waals surface area contributed by atoms with Crippen LogP contribution in [0.1, 0.15) is 12.8 Å². The minimum atomic E-state index is 0.777. The monoisotopic (exact) mass is 350 g/mol. The smallest absolute Gasteiger partial charge is 0.151 e. The molecule has 4 nitrogen and oxygen atoms in total. The number of fused-ring (bicyclic) bond motifs is 3. The first-order valence-electron chi connectivity index (χ1n) is 9.14. The highest BCUT2D eigenvalue weighted by molar-refractivity contribution is 7.17. The predicted molar refractivity (Wildman–Crippen MR) is 104 cm³/mol. The van der Waals surface area contributed by atoms with E-state index >= 15 is 0 Å². The molecule has 25 heavy (non-hydrogen) atoms. The van der Waals surface area contributed by atoms with Crippen molar-refractivity contribution in [1.29, 1.82) is 0 Å². The lowest BCUT2D eigenvalue weighted by atomic mass is 9.98. The Hall–Kier alpha value is -1.98. The molecule has 0 spiro atoms. The number of hydrogen-bond acceptors (Lipinski definition) is 5. The number of aromatic nitrogens is 2. The molecule has 2 aliphatic rings. The van der Waals surface area contributed by atoms with Gasteiger partial charge in [0.15, 0.2) is 5.82 Å². The summed E-state index contributed by atoms with van der Waals surface area (Å²) >= 11 is 1.78. The van der Waals surface area contributed by atoms with Crippen LogP contribution in [0.5, 0.6) is 0 Å². The topological polar surface area (TPSA) is 32.3 Å². The van der Waals surface area contributed by atoms with E-state index in [-0.39, 0.29) is 0 Å². The van der Waals surface area contributed by atoms with Gasteiger partial charge in [-0.3, -0.25) is 0 Å². The molecule has 0 aliphatic carbocycles. The number of anilines is 1. The first-order chi connectivity index (χ1) is 12.3. The van der Waals surface area contributed by atoms with Gasteiger partial charge in [0.05, 0.1) is 5.69 Å². The van der Waals surface area contributed by atoms with E-state index in [1.807, 2.05) is 0 Å². The molecule has 2 aromatic heterocycles. The van der Waals surface area contributed by atoms with Crippen molar-refractivity contribution in [3.05, 3.63) is 41.8 Å². The van der Waals surface area contributed by atoms with E-state index in [0.717, 1.165) is 42.6 Å². The molecule has 3 aromatic rings. The molecular formula is C20H22N4S. The van der Waals surface area contributed by atoms with E-state index in [2.05, 4.69) is 61.8 Å². The number of rotatable bonds is 2. The highest BCUT2D eigenvalue weighted by Gasteiger charge is 2.26. The van der Waals surface area contributed by atoms with Gasteiger partial charge < -0.3 is 9.80 Å². The van der Waals surface area contributed by atoms with Gasteiger partial charge in [-0.15, -0.1) is 21.5 Å². The zero-order valence-corrected chi connectivity index (χ0v) is 15.1. The van der Waals surface area contributed by atoms with E-state index in [0.29, 0.717) is 0 Å². The third-order valence-electron chi connectivity index (χ3n) is 5.49. The lowest BCUT2D eigenvalue weighted by molar-refractivity contribution is 0.201. The first-order valence-corrected chi connectivity index (χ1v) is 10.0. The third kappa shape index (κ3) is 3.02. The molecule has 0 amide bonds. The molecule has 2 bridgehead atoms. The standard InChI is InChI=1S/C20H22N4S/c1-2-15-13-23(8-1)9-10-24(14-15)20-6-4-18(21-22-20)16-3-5-19-17(12-16)7-11-25-19/h3-7,11-12,15H,1-2,8-10,13-14H2. The van der Waals surface area contributed by atoms with Crippen molar-refractivity contribution in [2.75, 3.05) is 37.6 Å². The number of thiophene rings is 1. The van der Waals surface area contributed by atoms with Crippen LogP contribution in [-0.2, 0) is 0 Å². The maximum Gasteiger partial charge on any atom is 0.151 e. The van der Waals surface area contributed by atoms with Crippen LogP contribution in [-0.4, -0.2) is 47.8 Å². The van der Waals surface area contributed by atoms with Crippen molar-refractivity contribution in [2.45, 2.75) is 12.8 Å². The van der Waals surface area contributed by atoms with Crippen molar-refractivity contribution in [2.24, 2.45) is 5.92 Å². The van der Waals surface area contributed by atoms with E-state index in [9.17, 15) is 0 Å². The normalized spacial score (nSPS) is 23.6. The van der Waals surface area contributed by atoms with Gasteiger partial charge in [0.2, 0.25) is 0 Å². The predicted octanol–water partition coefficient (Wildman–Crippen LogP) is 3.89. The Morgan fingerprint density at radius 3 is 2.88 bits per heavy atom. The largest absolute Gasteiger partial charge is 0.354 e. The number of hydrogen-bond donors (Lipinski definition) is 0. The third-order valence-corrected chi connectivity index (χ3v) is 6.39. The van der Waals surface area contributed by atoms with Crippen LogP contribution in [0.15, 0.2) is 41.8 Å². The molecule has 0 radical (unpaired) electrons. The van der Waals surface area contributed by atoms with Crippen LogP contribution in [0.3, 0.4) is 0 Å². The van der Waals surface area contributed by atoms with Gasteiger partial charge in [0.25, 0.3) is 0 Å². The average molecular weight is 350 g/mol. The average Bonchev–Trinajstić information content (AvgIpc) is 3.08. The van der Waals surface area contributed by atoms with E-state index in [1.54, 1.807) is 11.3 Å². The quantitative estimate of drug-likeness (QED) is 0.702. The summed E-state index contributed by atoms with van der Waals surface area (Å²) in [6, 6.07) is 12.9. The molecule has 2 atom stereocenters. The fraction of sp³-hybridized carbons (Fsp3) is 0.400. The van der Waals surface area contributed by atoms with Crippen LogP contribution in [0.25, 0.3) is 21.3 Å². The molecule has 128 valence electrons. The van der Waals surface area contributed by atoms with Crippen molar-refractivity contribution in [3.63, 3.8) is 0 Å². The van der Waals surface area contributed by atoms with E-state index < -0.39 is 0 Å². The fourth-order valence-corrected chi connectivity index (χ4v) is 4.92. The molecule has 0 saturated carbocycles. The molecule has 2 aliphatic heterocycles. The van der Waals surface area contributed by atoms with Crippen molar-refractivity contribution in [1.82, 2.24) is 15.1 Å². The van der Waals surface area contributed by atoms with Crippen LogP contribution < -0.4 is 4.90 Å². The van der Waals surface area contributed by atoms with Gasteiger partial charge in [-0.05, 0) is 66.4 Å². The number of piperidine rings is 1. The molecule has 2 unspecified atom stereocenters. The Morgan fingerprint density at radius 2 is 1.96 bits per heavy atom. The van der Waals surface area contributed by atoms with E-state index in [4.69, 9.17) is 0 Å². The lowest BCUT2D eigenvalue weighted by Gasteiger charge is -2.29. The first kappa shape index (κ1) is 15.3. The summed E-state index contributed by atoms with van der Waals surface area (Å²) in [6.07, 6.45) is 2.69. The van der Waals surface area contributed by atoms with Crippen molar-refractivity contribution < 1.29 is 0 Å². The Kier molecular flexibility index (Phi) is 3.91. The van der Waals surface area contributed by atoms with Crippen molar-refractivity contribution >= 4 is 27.2 Å². The number of nitrogens with zero attached hydrogens (tertiary/aromatic N) is 4. The molecule has 5 heteroatoms. The molecule has 0 N–H and O–H groups in total. The van der Waals surface area contributed by atoms with Gasteiger partial charge in [-0.25, -0.2) is 0 Å². The molecule has 5 rings (SSSR count). The lowest BCUT2D eigenvalue weighted by Crippen LogP contribution is -2.35. The van der Waals surface area contributed by atoms with Crippen LogP contribution in [0, 0.1) is 5.92 Å². The summed E-state index contributed by atoms with van der Waals surface area (Å²) in [4.78, 5) is 5.03. The second kappa shape index (κ2) is 6.39. The summed E-state index contributed by atoms with van der Waals surface area (Å²) in [5.41, 5.74) is 2.09. The molecule has 1 aromatic carbocycles. The minimum absolute atomic E-state index is 0.777. The highest BCUT2D eigenvalue weighted by Crippen LogP contribution is 2.28. The van der Waals surface area contributed by atoms with Gasteiger partial charge in [-0.2, -0.15) is 0 Å². The summed E-state index contributed by atoms with van der Waals surface area (Å²) in [5, 5.41) is 12.5. The van der Waals surface area contributed by atoms with Crippen molar-refractivity contribution in [3.8, 4) is 11.3 Å². The zero-order valence-electron chi connectivity index (χ0n) is 14.3. The Balaban J connectivity index is 1.39. The molecule has 2 saturated heterocycles. The van der Waals surface area contributed by atoms with Crippen LogP contribution >= 0.6 is 11.3 Å². The Morgan fingerprint density at radius 1 is 0.960 bits per heavy atom.